The van der Waals surface area contributed by atoms with E-state index in [1.165, 1.54) is 12.1 Å². The molecule has 7 heteroatoms. The highest BCUT2D eigenvalue weighted by Crippen LogP contribution is 2.25. The standard InChI is InChI=1S/C13H10BrN3O2S/c14-9-6-7-11-12(8-9)15-16-13(11)17-20(18,19)10-4-2-1-3-5-10/h1-8H,(H2,15,16,17). The van der Waals surface area contributed by atoms with Crippen LogP contribution in [0.1, 0.15) is 0 Å². The van der Waals surface area contributed by atoms with Crippen LogP contribution in [0.25, 0.3) is 10.9 Å². The van der Waals surface area contributed by atoms with E-state index in [4.69, 9.17) is 0 Å². The molecular weight excluding hydrogens is 342 g/mol. The molecule has 2 N–H and O–H groups in total. The van der Waals surface area contributed by atoms with Crippen molar-refractivity contribution in [2.24, 2.45) is 0 Å². The molecule has 0 aliphatic rings. The molecule has 1 aromatic heterocycles. The fraction of sp³-hybridized carbons (Fsp3) is 0. The molecule has 3 rings (SSSR count). The first-order valence-electron chi connectivity index (χ1n) is 5.78. The average molecular weight is 352 g/mol. The van der Waals surface area contributed by atoms with E-state index >= 15 is 0 Å². The summed E-state index contributed by atoms with van der Waals surface area (Å²) in [5.74, 6) is 0.288. The number of aromatic nitrogens is 2. The normalized spacial score (nSPS) is 11.7. The highest BCUT2D eigenvalue weighted by molar-refractivity contribution is 9.10. The van der Waals surface area contributed by atoms with Crippen LogP contribution in [0.2, 0.25) is 0 Å². The molecule has 0 atom stereocenters. The Balaban J connectivity index is 2.01. The summed E-state index contributed by atoms with van der Waals surface area (Å²) in [4.78, 5) is 0.202. The van der Waals surface area contributed by atoms with Crippen molar-refractivity contribution in [1.29, 1.82) is 0 Å². The van der Waals surface area contributed by atoms with Crippen molar-refractivity contribution in [3.8, 4) is 0 Å². The quantitative estimate of drug-likeness (QED) is 0.761. The first kappa shape index (κ1) is 13.1. The molecular formula is C13H10BrN3O2S. The Morgan fingerprint density at radius 1 is 1.10 bits per heavy atom. The zero-order valence-corrected chi connectivity index (χ0v) is 12.6. The number of rotatable bonds is 3. The lowest BCUT2D eigenvalue weighted by Gasteiger charge is -2.05. The van der Waals surface area contributed by atoms with Crippen LogP contribution in [0.4, 0.5) is 5.82 Å². The highest BCUT2D eigenvalue weighted by atomic mass is 79.9. The molecule has 0 aliphatic carbocycles. The van der Waals surface area contributed by atoms with Crippen molar-refractivity contribution < 1.29 is 8.42 Å². The molecule has 1 heterocycles. The molecule has 0 saturated carbocycles. The Morgan fingerprint density at radius 2 is 1.85 bits per heavy atom. The minimum absolute atomic E-state index is 0.202. The van der Waals surface area contributed by atoms with E-state index in [1.807, 2.05) is 12.1 Å². The van der Waals surface area contributed by atoms with Crippen LogP contribution in [-0.4, -0.2) is 18.6 Å². The molecule has 0 spiro atoms. The Kier molecular flexibility index (Phi) is 3.23. The van der Waals surface area contributed by atoms with Crippen LogP contribution in [0.5, 0.6) is 0 Å². The molecule has 0 saturated heterocycles. The Morgan fingerprint density at radius 3 is 2.60 bits per heavy atom. The minimum Gasteiger partial charge on any atom is -0.276 e. The van der Waals surface area contributed by atoms with E-state index < -0.39 is 10.0 Å². The third-order valence-corrected chi connectivity index (χ3v) is 4.66. The van der Waals surface area contributed by atoms with Crippen molar-refractivity contribution >= 4 is 42.7 Å². The lowest BCUT2D eigenvalue weighted by atomic mass is 10.2. The Bertz CT molecular complexity index is 860. The van der Waals surface area contributed by atoms with Gasteiger partial charge in [0.05, 0.1) is 10.4 Å². The molecule has 102 valence electrons. The van der Waals surface area contributed by atoms with Crippen molar-refractivity contribution in [2.75, 3.05) is 4.72 Å². The second kappa shape index (κ2) is 4.92. The van der Waals surface area contributed by atoms with Crippen LogP contribution in [0.3, 0.4) is 0 Å². The van der Waals surface area contributed by atoms with Crippen molar-refractivity contribution in [2.45, 2.75) is 4.90 Å². The Labute approximate surface area is 124 Å². The lowest BCUT2D eigenvalue weighted by Crippen LogP contribution is -2.13. The zero-order valence-electron chi connectivity index (χ0n) is 10.2. The fourth-order valence-electron chi connectivity index (χ4n) is 1.86. The van der Waals surface area contributed by atoms with Crippen molar-refractivity contribution in [1.82, 2.24) is 10.2 Å². The molecule has 5 nitrogen and oxygen atoms in total. The topological polar surface area (TPSA) is 74.8 Å². The number of benzene rings is 2. The van der Waals surface area contributed by atoms with Crippen molar-refractivity contribution in [3.63, 3.8) is 0 Å². The number of H-pyrrole nitrogens is 1. The van der Waals surface area contributed by atoms with Gasteiger partial charge < -0.3 is 0 Å². The van der Waals surface area contributed by atoms with Gasteiger partial charge in [0.2, 0.25) is 0 Å². The highest BCUT2D eigenvalue weighted by Gasteiger charge is 2.16. The van der Waals surface area contributed by atoms with Gasteiger partial charge in [-0.15, -0.1) is 0 Å². The largest absolute Gasteiger partial charge is 0.276 e. The van der Waals surface area contributed by atoms with Gasteiger partial charge in [-0.3, -0.25) is 9.82 Å². The maximum Gasteiger partial charge on any atom is 0.263 e. The molecule has 0 aliphatic heterocycles. The first-order valence-corrected chi connectivity index (χ1v) is 8.05. The van der Waals surface area contributed by atoms with Gasteiger partial charge in [-0.1, -0.05) is 34.1 Å². The number of anilines is 1. The lowest BCUT2D eigenvalue weighted by molar-refractivity contribution is 0.601. The first-order chi connectivity index (χ1) is 9.56. The second-order valence-electron chi connectivity index (χ2n) is 4.18. The number of nitrogens with zero attached hydrogens (tertiary/aromatic N) is 1. The number of nitrogens with one attached hydrogen (secondary N) is 2. The smallest absolute Gasteiger partial charge is 0.263 e. The summed E-state index contributed by atoms with van der Waals surface area (Å²) < 4.78 is 27.9. The molecule has 0 amide bonds. The van der Waals surface area contributed by atoms with Gasteiger partial charge >= 0.3 is 0 Å². The van der Waals surface area contributed by atoms with Gasteiger partial charge in [0, 0.05) is 9.86 Å². The van der Waals surface area contributed by atoms with Crippen LogP contribution in [0, 0.1) is 0 Å². The zero-order chi connectivity index (χ0) is 14.2. The average Bonchev–Trinajstić information content (AvgIpc) is 2.81. The maximum atomic E-state index is 12.2. The number of hydrogen-bond donors (Lipinski definition) is 2. The molecule has 0 unspecified atom stereocenters. The summed E-state index contributed by atoms with van der Waals surface area (Å²) in [5.41, 5.74) is 0.755. The maximum absolute atomic E-state index is 12.2. The predicted octanol–water partition coefficient (Wildman–Crippen LogP) is 3.13. The number of halogens is 1. The molecule has 0 radical (unpaired) electrons. The van der Waals surface area contributed by atoms with E-state index in [-0.39, 0.29) is 10.7 Å². The Hall–Kier alpha value is -1.86. The third kappa shape index (κ3) is 2.41. The van der Waals surface area contributed by atoms with E-state index in [1.54, 1.807) is 24.3 Å². The van der Waals surface area contributed by atoms with Crippen LogP contribution < -0.4 is 4.72 Å². The summed E-state index contributed by atoms with van der Waals surface area (Å²) in [7, 11) is -3.63. The van der Waals surface area contributed by atoms with E-state index in [0.29, 0.717) is 5.39 Å². The van der Waals surface area contributed by atoms with Gasteiger partial charge in [-0.2, -0.15) is 5.10 Å². The van der Waals surface area contributed by atoms with E-state index in [2.05, 4.69) is 30.8 Å². The number of sulfonamides is 1. The molecule has 0 bridgehead atoms. The minimum atomic E-state index is -3.63. The second-order valence-corrected chi connectivity index (χ2v) is 6.78. The van der Waals surface area contributed by atoms with Gasteiger partial charge in [0.1, 0.15) is 0 Å². The van der Waals surface area contributed by atoms with Crippen molar-refractivity contribution in [3.05, 3.63) is 53.0 Å². The summed E-state index contributed by atoms with van der Waals surface area (Å²) in [6.07, 6.45) is 0. The summed E-state index contributed by atoms with van der Waals surface area (Å²) in [6.45, 7) is 0. The van der Waals surface area contributed by atoms with Crippen LogP contribution in [0.15, 0.2) is 57.9 Å². The molecule has 3 aromatic rings. The van der Waals surface area contributed by atoms with E-state index in [0.717, 1.165) is 9.99 Å². The monoisotopic (exact) mass is 351 g/mol. The number of hydrogen-bond acceptors (Lipinski definition) is 3. The number of fused-ring (bicyclic) bond motifs is 1. The fourth-order valence-corrected chi connectivity index (χ4v) is 3.26. The summed E-state index contributed by atoms with van der Waals surface area (Å²) >= 11 is 3.35. The summed E-state index contributed by atoms with van der Waals surface area (Å²) in [5, 5.41) is 7.52. The van der Waals surface area contributed by atoms with Gasteiger partial charge in [-0.05, 0) is 30.3 Å². The van der Waals surface area contributed by atoms with Gasteiger partial charge in [0.15, 0.2) is 5.82 Å². The van der Waals surface area contributed by atoms with E-state index in [9.17, 15) is 8.42 Å². The third-order valence-electron chi connectivity index (χ3n) is 2.81. The SMILES string of the molecule is O=S(=O)(Nc1n[nH]c2cc(Br)ccc12)c1ccccc1. The molecule has 2 aromatic carbocycles. The van der Waals surface area contributed by atoms with Gasteiger partial charge in [-0.25, -0.2) is 8.42 Å². The molecule has 0 fully saturated rings. The van der Waals surface area contributed by atoms with Crippen LogP contribution in [-0.2, 0) is 10.0 Å². The van der Waals surface area contributed by atoms with Gasteiger partial charge in [0.25, 0.3) is 10.0 Å². The summed E-state index contributed by atoms with van der Waals surface area (Å²) in [6, 6.07) is 13.7. The van der Waals surface area contributed by atoms with Crippen LogP contribution >= 0.6 is 15.9 Å². The number of aromatic amines is 1. The predicted molar refractivity (Wildman–Crippen MR) is 81.0 cm³/mol. The molecule has 20 heavy (non-hydrogen) atoms.